The van der Waals surface area contributed by atoms with Crippen LogP contribution in [0.15, 0.2) is 18.2 Å². The van der Waals surface area contributed by atoms with Crippen LogP contribution >= 0.6 is 0 Å². The first-order valence-electron chi connectivity index (χ1n) is 7.10. The normalized spacial score (nSPS) is 26.2. The van der Waals surface area contributed by atoms with E-state index < -0.39 is 10.7 Å². The molecule has 0 saturated carbocycles. The molecule has 0 radical (unpaired) electrons. The van der Waals surface area contributed by atoms with Crippen LogP contribution in [0, 0.1) is 15.9 Å². The lowest BCUT2D eigenvalue weighted by molar-refractivity contribution is -0.384. The largest absolute Gasteiger partial charge is 0.373 e. The van der Waals surface area contributed by atoms with Crippen molar-refractivity contribution < 1.29 is 9.31 Å². The van der Waals surface area contributed by atoms with Gasteiger partial charge in [0.25, 0.3) is 5.69 Å². The number of fused-ring (bicyclic) bond motifs is 1. The number of nitrogens with zero attached hydrogens (tertiary/aromatic N) is 2. The van der Waals surface area contributed by atoms with Gasteiger partial charge in [-0.25, -0.2) is 4.39 Å². The Hall–Kier alpha value is -1.69. The Morgan fingerprint density at radius 3 is 2.95 bits per heavy atom. The van der Waals surface area contributed by atoms with Gasteiger partial charge in [0.2, 0.25) is 0 Å². The van der Waals surface area contributed by atoms with Gasteiger partial charge in [0.1, 0.15) is 5.69 Å². The lowest BCUT2D eigenvalue weighted by atomic mass is 9.98. The molecule has 0 aliphatic carbocycles. The third kappa shape index (κ3) is 2.35. The molecule has 20 heavy (non-hydrogen) atoms. The Balaban J connectivity index is 1.83. The molecular formula is C14H18FN3O2. The van der Waals surface area contributed by atoms with Crippen LogP contribution in [0.25, 0.3) is 0 Å². The molecule has 1 aromatic rings. The third-order valence-corrected chi connectivity index (χ3v) is 4.37. The van der Waals surface area contributed by atoms with Crippen molar-refractivity contribution in [2.45, 2.75) is 37.8 Å². The second-order valence-corrected chi connectivity index (χ2v) is 5.53. The number of benzene rings is 1. The highest BCUT2D eigenvalue weighted by atomic mass is 19.1. The second-order valence-electron chi connectivity index (χ2n) is 5.53. The topological polar surface area (TPSA) is 58.4 Å². The summed E-state index contributed by atoms with van der Waals surface area (Å²) in [5, 5.41) is 14.1. The molecular weight excluding hydrogens is 261 g/mol. The SMILES string of the molecule is O=[N+]([O-])c1cccc(F)c1NC1CCN2CCCCC12. The molecule has 1 aromatic carbocycles. The van der Waals surface area contributed by atoms with Gasteiger partial charge in [-0.05, 0) is 31.9 Å². The van der Waals surface area contributed by atoms with Gasteiger partial charge in [-0.15, -0.1) is 0 Å². The Kier molecular flexibility index (Phi) is 3.56. The van der Waals surface area contributed by atoms with Crippen LogP contribution in [0.3, 0.4) is 0 Å². The molecule has 2 aliphatic heterocycles. The lowest BCUT2D eigenvalue weighted by Gasteiger charge is -2.32. The standard InChI is InChI=1S/C14H18FN3O2/c15-10-4-3-6-13(18(19)20)14(10)16-11-7-9-17-8-2-1-5-12(11)17/h3-4,6,11-12,16H,1-2,5,7-9H2. The van der Waals surface area contributed by atoms with E-state index in [1.165, 1.54) is 31.0 Å². The lowest BCUT2D eigenvalue weighted by Crippen LogP contribution is -2.41. The molecule has 108 valence electrons. The van der Waals surface area contributed by atoms with Crippen molar-refractivity contribution in [1.29, 1.82) is 0 Å². The molecule has 1 N–H and O–H groups in total. The van der Waals surface area contributed by atoms with Gasteiger partial charge in [0.05, 0.1) is 4.92 Å². The highest BCUT2D eigenvalue weighted by Crippen LogP contribution is 2.33. The quantitative estimate of drug-likeness (QED) is 0.682. The summed E-state index contributed by atoms with van der Waals surface area (Å²) >= 11 is 0. The van der Waals surface area contributed by atoms with Crippen LogP contribution in [0.4, 0.5) is 15.8 Å². The van der Waals surface area contributed by atoms with Crippen molar-refractivity contribution in [3.05, 3.63) is 34.1 Å². The van der Waals surface area contributed by atoms with E-state index in [4.69, 9.17) is 0 Å². The molecule has 0 aromatic heterocycles. The van der Waals surface area contributed by atoms with Crippen LogP contribution in [0.1, 0.15) is 25.7 Å². The molecule has 0 spiro atoms. The van der Waals surface area contributed by atoms with E-state index in [1.54, 1.807) is 0 Å². The predicted molar refractivity (Wildman–Crippen MR) is 74.3 cm³/mol. The van der Waals surface area contributed by atoms with E-state index in [9.17, 15) is 14.5 Å². The average molecular weight is 279 g/mol. The van der Waals surface area contributed by atoms with Gasteiger partial charge in [0.15, 0.2) is 5.82 Å². The van der Waals surface area contributed by atoms with Crippen molar-refractivity contribution >= 4 is 11.4 Å². The van der Waals surface area contributed by atoms with Gasteiger partial charge in [0, 0.05) is 24.7 Å². The number of piperidine rings is 1. The summed E-state index contributed by atoms with van der Waals surface area (Å²) in [5.41, 5.74) is -0.144. The second kappa shape index (κ2) is 5.36. The number of hydrogen-bond donors (Lipinski definition) is 1. The molecule has 6 heteroatoms. The van der Waals surface area contributed by atoms with Gasteiger partial charge in [-0.1, -0.05) is 12.5 Å². The van der Waals surface area contributed by atoms with E-state index >= 15 is 0 Å². The maximum atomic E-state index is 13.9. The molecule has 3 rings (SSSR count). The van der Waals surface area contributed by atoms with Gasteiger partial charge in [-0.3, -0.25) is 15.0 Å². The van der Waals surface area contributed by atoms with Crippen LogP contribution in [0.5, 0.6) is 0 Å². The van der Waals surface area contributed by atoms with E-state index in [-0.39, 0.29) is 17.4 Å². The summed E-state index contributed by atoms with van der Waals surface area (Å²) in [6.07, 6.45) is 4.39. The molecule has 2 atom stereocenters. The fourth-order valence-corrected chi connectivity index (χ4v) is 3.41. The number of nitro groups is 1. The number of para-hydroxylation sites is 1. The Morgan fingerprint density at radius 1 is 1.30 bits per heavy atom. The van der Waals surface area contributed by atoms with Crippen molar-refractivity contribution in [3.63, 3.8) is 0 Å². The van der Waals surface area contributed by atoms with E-state index in [2.05, 4.69) is 10.2 Å². The summed E-state index contributed by atoms with van der Waals surface area (Å²) in [5.74, 6) is -0.548. The number of hydrogen-bond acceptors (Lipinski definition) is 4. The fraction of sp³-hybridized carbons (Fsp3) is 0.571. The minimum atomic E-state index is -0.548. The summed E-state index contributed by atoms with van der Waals surface area (Å²) in [6.45, 7) is 2.08. The molecule has 2 fully saturated rings. The van der Waals surface area contributed by atoms with Gasteiger partial charge >= 0.3 is 0 Å². The molecule has 2 heterocycles. The smallest absolute Gasteiger partial charge is 0.295 e. The molecule has 5 nitrogen and oxygen atoms in total. The maximum Gasteiger partial charge on any atom is 0.295 e. The van der Waals surface area contributed by atoms with Crippen molar-refractivity contribution in [2.24, 2.45) is 0 Å². The van der Waals surface area contributed by atoms with Crippen molar-refractivity contribution in [1.82, 2.24) is 4.90 Å². The minimum absolute atomic E-state index is 0.0370. The molecule has 0 bridgehead atoms. The number of rotatable bonds is 3. The number of halogens is 1. The van der Waals surface area contributed by atoms with Gasteiger partial charge < -0.3 is 5.32 Å². The zero-order valence-corrected chi connectivity index (χ0v) is 11.2. The van der Waals surface area contributed by atoms with Crippen LogP contribution in [-0.4, -0.2) is 35.0 Å². The number of anilines is 1. The molecule has 0 amide bonds. The van der Waals surface area contributed by atoms with Crippen molar-refractivity contribution in [2.75, 3.05) is 18.4 Å². The minimum Gasteiger partial charge on any atom is -0.373 e. The Bertz CT molecular complexity index is 523. The highest BCUT2D eigenvalue weighted by Gasteiger charge is 2.36. The summed E-state index contributed by atoms with van der Waals surface area (Å²) in [4.78, 5) is 12.9. The Labute approximate surface area is 116 Å². The van der Waals surface area contributed by atoms with E-state index in [1.807, 2.05) is 0 Å². The van der Waals surface area contributed by atoms with Crippen molar-refractivity contribution in [3.8, 4) is 0 Å². The highest BCUT2D eigenvalue weighted by molar-refractivity contribution is 5.62. The summed E-state index contributed by atoms with van der Waals surface area (Å²) < 4.78 is 13.9. The zero-order chi connectivity index (χ0) is 14.1. The molecule has 2 saturated heterocycles. The molecule has 2 aliphatic rings. The zero-order valence-electron chi connectivity index (χ0n) is 11.2. The predicted octanol–water partition coefficient (Wildman–Crippen LogP) is 2.77. The maximum absolute atomic E-state index is 13.9. The number of nitrogens with one attached hydrogen (secondary N) is 1. The first kappa shape index (κ1) is 13.3. The number of nitro benzene ring substituents is 1. The van der Waals surface area contributed by atoms with E-state index in [0.717, 1.165) is 25.9 Å². The van der Waals surface area contributed by atoms with Crippen LogP contribution < -0.4 is 5.32 Å². The first-order chi connectivity index (χ1) is 9.66. The van der Waals surface area contributed by atoms with Gasteiger partial charge in [-0.2, -0.15) is 0 Å². The first-order valence-corrected chi connectivity index (χ1v) is 7.10. The summed E-state index contributed by atoms with van der Waals surface area (Å²) in [6, 6.07) is 4.47. The third-order valence-electron chi connectivity index (χ3n) is 4.37. The van der Waals surface area contributed by atoms with E-state index in [0.29, 0.717) is 6.04 Å². The Morgan fingerprint density at radius 2 is 2.15 bits per heavy atom. The molecule has 2 unspecified atom stereocenters. The average Bonchev–Trinajstić information content (AvgIpc) is 2.84. The van der Waals surface area contributed by atoms with Crippen LogP contribution in [-0.2, 0) is 0 Å². The van der Waals surface area contributed by atoms with Crippen LogP contribution in [0.2, 0.25) is 0 Å². The fourth-order valence-electron chi connectivity index (χ4n) is 3.41. The monoisotopic (exact) mass is 279 g/mol. The summed E-state index contributed by atoms with van der Waals surface area (Å²) in [7, 11) is 0.